The van der Waals surface area contributed by atoms with Crippen molar-refractivity contribution < 1.29 is 121 Å². The summed E-state index contributed by atoms with van der Waals surface area (Å²) in [6, 6.07) is -13.6. The lowest BCUT2D eigenvalue weighted by molar-refractivity contribution is -0.142. The van der Waals surface area contributed by atoms with Gasteiger partial charge < -0.3 is 125 Å². The van der Waals surface area contributed by atoms with Crippen molar-refractivity contribution in [2.24, 2.45) is 11.5 Å². The van der Waals surface area contributed by atoms with Crippen LogP contribution in [0, 0.1) is 0 Å². The minimum absolute atomic E-state index is 0.0114. The zero-order valence-corrected chi connectivity index (χ0v) is 68.0. The van der Waals surface area contributed by atoms with Gasteiger partial charge in [0.25, 0.3) is 0 Å². The number of imidazole rings is 1. The number of carboxylic acids is 2. The normalized spacial score (nSPS) is 13.1. The number of nitrogens with two attached hydrogens (primary N) is 2. The number of hydrogen-bond donors (Lipinski definition) is 21. The molecular formula is C73H125N21O25. The van der Waals surface area contributed by atoms with E-state index in [1.54, 1.807) is 0 Å². The number of aliphatic carboxylic acids is 2. The van der Waals surface area contributed by atoms with Gasteiger partial charge in [0, 0.05) is 64.1 Å². The van der Waals surface area contributed by atoms with Gasteiger partial charge in [-0.2, -0.15) is 5.21 Å². The molecule has 0 bridgehead atoms. The number of primary amides is 2. The second-order valence-corrected chi connectivity index (χ2v) is 27.9. The predicted molar refractivity (Wildman–Crippen MR) is 420 cm³/mol. The molecule has 0 saturated heterocycles. The van der Waals surface area contributed by atoms with Crippen LogP contribution in [0.5, 0.6) is 0 Å². The molecule has 2 aromatic rings. The molecule has 672 valence electrons. The number of hydrogen-bond acceptors (Lipinski definition) is 28. The van der Waals surface area contributed by atoms with Gasteiger partial charge in [-0.05, 0) is 57.9 Å². The molecule has 0 aromatic carbocycles. The lowest BCUT2D eigenvalue weighted by atomic mass is 10.0. The molecule has 0 fully saturated rings. The van der Waals surface area contributed by atoms with Crippen LogP contribution in [0.15, 0.2) is 12.5 Å². The highest BCUT2D eigenvalue weighted by Crippen LogP contribution is 2.15. The summed E-state index contributed by atoms with van der Waals surface area (Å²) in [5.41, 5.74) is 11.0. The summed E-state index contributed by atoms with van der Waals surface area (Å²) >= 11 is 0. The third kappa shape index (κ3) is 50.8. The average molecular weight is 1700 g/mol. The van der Waals surface area contributed by atoms with Crippen molar-refractivity contribution in [1.29, 1.82) is 0 Å². The Morgan fingerprint density at radius 3 is 1.30 bits per heavy atom. The number of nitrogens with zero attached hydrogens (tertiary/aromatic N) is 5. The number of carboxylic acid groups (broad SMARTS) is 2. The number of rotatable bonds is 73. The molecule has 0 radical (unpaired) electrons. The van der Waals surface area contributed by atoms with Gasteiger partial charge in [0.1, 0.15) is 61.5 Å². The van der Waals surface area contributed by atoms with Crippen LogP contribution in [0.25, 0.3) is 0 Å². The minimum atomic E-state index is -2.02. The van der Waals surface area contributed by atoms with Gasteiger partial charge in [0.15, 0.2) is 5.82 Å². The number of carbonyl (C=O) groups is 16. The summed E-state index contributed by atoms with van der Waals surface area (Å²) in [7, 11) is 1.35. The summed E-state index contributed by atoms with van der Waals surface area (Å²) < 4.78 is 21.4. The maximum atomic E-state index is 14.4. The molecule has 2 rings (SSSR count). The topological polar surface area (TPSA) is 694 Å². The van der Waals surface area contributed by atoms with Crippen molar-refractivity contribution in [3.8, 4) is 0 Å². The molecule has 0 saturated carbocycles. The Balaban J connectivity index is 1.85. The fourth-order valence-electron chi connectivity index (χ4n) is 11.5. The van der Waals surface area contributed by atoms with Gasteiger partial charge in [-0.15, -0.1) is 10.2 Å². The number of aliphatic hydroxyl groups is 3. The van der Waals surface area contributed by atoms with E-state index in [2.05, 4.69) is 94.4 Å². The zero-order chi connectivity index (χ0) is 88.0. The summed E-state index contributed by atoms with van der Waals surface area (Å²) in [5, 5.41) is 92.0. The lowest BCUT2D eigenvalue weighted by Crippen LogP contribution is -2.61. The number of aryl methyl sites for hydroxylation is 1. The van der Waals surface area contributed by atoms with Crippen molar-refractivity contribution in [1.82, 2.24) is 99.3 Å². The molecule has 119 heavy (non-hydrogen) atoms. The number of ether oxygens (including phenoxy) is 4. The summed E-state index contributed by atoms with van der Waals surface area (Å²) in [6.07, 6.45) is 17.8. The van der Waals surface area contributed by atoms with Crippen LogP contribution in [0.2, 0.25) is 0 Å². The summed E-state index contributed by atoms with van der Waals surface area (Å²) in [4.78, 5) is 214. The molecule has 0 aliphatic carbocycles. The van der Waals surface area contributed by atoms with E-state index in [0.717, 1.165) is 42.8 Å². The second-order valence-electron chi connectivity index (χ2n) is 27.9. The Morgan fingerprint density at radius 2 is 0.857 bits per heavy atom. The van der Waals surface area contributed by atoms with Gasteiger partial charge in [0.2, 0.25) is 82.7 Å². The molecule has 46 heteroatoms. The number of likely N-dealkylation sites (N-methyl/N-ethyl adjacent to an activating group) is 1. The third-order valence-corrected chi connectivity index (χ3v) is 18.0. The standard InChI is InChI=1S/C73H125N21O25/c1-3-4-20-49(66(108)76-2)83-67(109)50(21-18-19-30-94(40-64(104)105)41-65(106)107)84-70(112)53(37-48-38-77-47-81-48)87-68(110)51(24-26-57(74)98)86-72(114)55(43-96)89-73(115)56(44-97)88-69(111)52(25-27-58(75)99)85-71(113)54(42-95)82-61(101)39-80-63(103)46-119-36-34-117-32-29-79-62(102)45-118-35-33-116-31-28-78-60(100)23-17-15-13-11-9-7-5-6-8-10-12-14-16-22-59-90-92-93-91-59/h38,47,49-56,95-97H,3-37,39-46H2,1-2H3,(H2,74,98)(H2,75,99)(H,76,108)(H,77,81)(H,78,100)(H,79,102)(H,80,103)(H,82,101)(H,83,109)(H,84,112)(H,85,113)(H,86,114)(H,87,110)(H,88,111)(H,89,115)(H,104,105)(H,106,107)(H,90,91,92,93)/t49-,50-,51-,52-,53-,54+,55-,56-/m0/s1. The highest BCUT2D eigenvalue weighted by Gasteiger charge is 2.36. The Kier molecular flexibility index (Phi) is 56.6. The molecule has 2 heterocycles. The second kappa shape index (κ2) is 64.5. The van der Waals surface area contributed by atoms with E-state index in [4.69, 9.17) is 30.4 Å². The number of unbranched alkanes of at least 4 members (excludes halogenated alkanes) is 14. The number of aliphatic hydroxyl groups excluding tert-OH is 3. The number of carbonyl (C=O) groups excluding carboxylic acids is 14. The first-order chi connectivity index (χ1) is 57.1. The molecule has 0 spiro atoms. The van der Waals surface area contributed by atoms with Crippen molar-refractivity contribution in [3.05, 3.63) is 24.0 Å². The maximum absolute atomic E-state index is 14.4. The van der Waals surface area contributed by atoms with Crippen LogP contribution in [-0.4, -0.2) is 323 Å². The van der Waals surface area contributed by atoms with Crippen molar-refractivity contribution in [2.75, 3.05) is 119 Å². The number of aromatic amines is 2. The van der Waals surface area contributed by atoms with Crippen molar-refractivity contribution in [2.45, 2.75) is 222 Å². The van der Waals surface area contributed by atoms with Gasteiger partial charge in [-0.25, -0.2) is 4.98 Å². The first-order valence-corrected chi connectivity index (χ1v) is 40.1. The van der Waals surface area contributed by atoms with Crippen molar-refractivity contribution >= 4 is 94.6 Å². The fraction of sp³-hybridized carbons (Fsp3) is 0.726. The summed E-state index contributed by atoms with van der Waals surface area (Å²) in [5.74, 6) is -14.8. The van der Waals surface area contributed by atoms with E-state index in [9.17, 15) is 102 Å². The average Bonchev–Trinajstić information content (AvgIpc) is 1.64. The SMILES string of the molecule is CCCC[C@H](NC(=O)[C@H](CCCCN(CC(=O)O)CC(=O)O)NC(=O)[C@H](Cc1cnc[nH]1)NC(=O)[C@H](CCC(N)=O)NC(=O)[C@H](CO)NC(=O)[C@H](CO)NC(=O)[C@H](CCC(N)=O)NC(=O)[C@@H](CO)NC(=O)CNC(=O)COCCOCCNC(=O)COCCOCCNC(=O)CCCCCCCCCCCCCCCc1nn[nH]n1)C(=O)NC. The molecule has 14 amide bonds. The predicted octanol–water partition coefficient (Wildman–Crippen LogP) is -6.45. The zero-order valence-electron chi connectivity index (χ0n) is 68.0. The summed E-state index contributed by atoms with van der Waals surface area (Å²) in [6.45, 7) is -3.33. The number of amides is 14. The molecule has 23 N–H and O–H groups in total. The first-order valence-electron chi connectivity index (χ1n) is 40.1. The third-order valence-electron chi connectivity index (χ3n) is 18.0. The van der Waals surface area contributed by atoms with Crippen LogP contribution in [-0.2, 0) is 109 Å². The van der Waals surface area contributed by atoms with Crippen LogP contribution < -0.4 is 75.3 Å². The molecule has 0 aliphatic rings. The smallest absolute Gasteiger partial charge is 0.317 e. The van der Waals surface area contributed by atoms with E-state index in [0.29, 0.717) is 32.4 Å². The van der Waals surface area contributed by atoms with Crippen LogP contribution in [0.3, 0.4) is 0 Å². The lowest BCUT2D eigenvalue weighted by Gasteiger charge is -2.27. The fourth-order valence-corrected chi connectivity index (χ4v) is 11.5. The van der Waals surface area contributed by atoms with Gasteiger partial charge in [0.05, 0.1) is 85.4 Å². The Labute approximate surface area is 689 Å². The van der Waals surface area contributed by atoms with Gasteiger partial charge in [-0.1, -0.05) is 95.6 Å². The molecule has 46 nitrogen and oxygen atoms in total. The number of aromatic nitrogens is 6. The first kappa shape index (κ1) is 105. The number of tetrazole rings is 1. The van der Waals surface area contributed by atoms with Gasteiger partial charge >= 0.3 is 11.9 Å². The quantitative estimate of drug-likeness (QED) is 0.0274. The molecule has 8 atom stereocenters. The molecule has 0 aliphatic heterocycles. The minimum Gasteiger partial charge on any atom is -0.480 e. The van der Waals surface area contributed by atoms with Crippen LogP contribution in [0.1, 0.15) is 173 Å². The van der Waals surface area contributed by atoms with Gasteiger partial charge in [-0.3, -0.25) is 81.6 Å². The van der Waals surface area contributed by atoms with Crippen LogP contribution >= 0.6 is 0 Å². The van der Waals surface area contributed by atoms with E-state index in [1.807, 2.05) is 6.92 Å². The highest BCUT2D eigenvalue weighted by molar-refractivity contribution is 5.99. The molecule has 2 aromatic heterocycles. The Bertz CT molecular complexity index is 3350. The van der Waals surface area contributed by atoms with E-state index < -0.39 is 209 Å². The number of nitrogens with one attached hydrogen (secondary N) is 14. The van der Waals surface area contributed by atoms with E-state index in [1.165, 1.54) is 77.4 Å². The Hall–Kier alpha value is -10.5. The highest BCUT2D eigenvalue weighted by atomic mass is 16.5. The number of H-pyrrole nitrogens is 2. The van der Waals surface area contributed by atoms with Crippen molar-refractivity contribution in [3.63, 3.8) is 0 Å². The Morgan fingerprint density at radius 1 is 0.445 bits per heavy atom. The van der Waals surface area contributed by atoms with Crippen LogP contribution in [0.4, 0.5) is 0 Å². The molecular weight excluding hydrogens is 1570 g/mol. The largest absolute Gasteiger partial charge is 0.480 e. The van der Waals surface area contributed by atoms with E-state index >= 15 is 0 Å². The monoisotopic (exact) mass is 1700 g/mol. The van der Waals surface area contributed by atoms with E-state index in [-0.39, 0.29) is 96.4 Å². The maximum Gasteiger partial charge on any atom is 0.317 e. The molecule has 0 unspecified atom stereocenters.